The number of nitrogens with zero attached hydrogens (tertiary/aromatic N) is 3. The Balaban J connectivity index is 1.75. The normalized spacial score (nSPS) is 17.9. The Kier molecular flexibility index (Phi) is 8.59. The fourth-order valence-corrected chi connectivity index (χ4v) is 5.86. The number of benzene rings is 1. The van der Waals surface area contributed by atoms with E-state index in [1.165, 1.54) is 19.1 Å². The molecule has 1 aromatic heterocycles. The van der Waals surface area contributed by atoms with Crippen molar-refractivity contribution in [2.45, 2.75) is 88.9 Å². The topological polar surface area (TPSA) is 92.1 Å². The van der Waals surface area contributed by atoms with Gasteiger partial charge in [-0.05, 0) is 37.0 Å². The predicted octanol–water partition coefficient (Wildman–Crippen LogP) is 3.29. The highest BCUT2D eigenvalue weighted by Crippen LogP contribution is 2.36. The molecule has 0 unspecified atom stereocenters. The number of aromatic nitrogens is 3. The number of nitrogens with one attached hydrogen (secondary N) is 2. The summed E-state index contributed by atoms with van der Waals surface area (Å²) in [6.45, 7) is 8.41. The van der Waals surface area contributed by atoms with E-state index in [1.54, 1.807) is 0 Å². The lowest BCUT2D eigenvalue weighted by molar-refractivity contribution is -0.120. The van der Waals surface area contributed by atoms with E-state index in [4.69, 9.17) is 0 Å². The zero-order valence-corrected chi connectivity index (χ0v) is 21.6. The van der Waals surface area contributed by atoms with E-state index in [1.807, 2.05) is 10.9 Å². The number of hydrogen-bond acceptors (Lipinski definition) is 5. The highest BCUT2D eigenvalue weighted by molar-refractivity contribution is 6.74. The third kappa shape index (κ3) is 7.41. The monoisotopic (exact) mass is 493 g/mol. The lowest BCUT2D eigenvalue weighted by atomic mass is 9.79. The maximum absolute atomic E-state index is 13.7. The van der Waals surface area contributed by atoms with Crippen LogP contribution in [0.5, 0.6) is 0 Å². The summed E-state index contributed by atoms with van der Waals surface area (Å²) < 4.78 is 29.2. The van der Waals surface area contributed by atoms with E-state index in [2.05, 4.69) is 40.6 Å². The van der Waals surface area contributed by atoms with Crippen molar-refractivity contribution in [3.8, 4) is 0 Å². The van der Waals surface area contributed by atoms with Gasteiger partial charge in [-0.3, -0.25) is 9.48 Å². The molecule has 7 nitrogen and oxygen atoms in total. The van der Waals surface area contributed by atoms with Gasteiger partial charge in [0.1, 0.15) is 17.3 Å². The van der Waals surface area contributed by atoms with Crippen LogP contribution in [0.4, 0.5) is 8.78 Å². The highest BCUT2D eigenvalue weighted by Gasteiger charge is 2.37. The minimum Gasteiger partial charge on any atom is -0.390 e. The second kappa shape index (κ2) is 11.0. The summed E-state index contributed by atoms with van der Waals surface area (Å²) in [5.41, 5.74) is 0.848. The van der Waals surface area contributed by atoms with Crippen LogP contribution in [0.3, 0.4) is 0 Å². The summed E-state index contributed by atoms with van der Waals surface area (Å²) in [6.07, 6.45) is 7.04. The van der Waals surface area contributed by atoms with Crippen LogP contribution in [0, 0.1) is 11.6 Å². The molecule has 0 bridgehead atoms. The zero-order chi connectivity index (χ0) is 24.9. The first kappa shape index (κ1) is 26.4. The molecule has 0 saturated heterocycles. The van der Waals surface area contributed by atoms with Crippen LogP contribution in [0.25, 0.3) is 0 Å². The molecule has 3 rings (SSSR count). The summed E-state index contributed by atoms with van der Waals surface area (Å²) in [5.74, 6) is -1.69. The molecule has 0 radical (unpaired) electrons. The van der Waals surface area contributed by atoms with Crippen LogP contribution < -0.4 is 10.6 Å². The first-order valence-corrected chi connectivity index (χ1v) is 15.7. The van der Waals surface area contributed by atoms with E-state index in [0.29, 0.717) is 5.56 Å². The number of hydrogen-bond donors (Lipinski definition) is 3. The molecule has 3 N–H and O–H groups in total. The van der Waals surface area contributed by atoms with Gasteiger partial charge in [-0.25, -0.2) is 8.78 Å². The molecule has 2 atom stereocenters. The Hall–Kier alpha value is -2.17. The van der Waals surface area contributed by atoms with Crippen molar-refractivity contribution in [1.82, 2.24) is 25.6 Å². The largest absolute Gasteiger partial charge is 0.390 e. The average molecular weight is 494 g/mol. The van der Waals surface area contributed by atoms with Crippen molar-refractivity contribution in [2.75, 3.05) is 6.54 Å². The molecular weight excluding hydrogens is 456 g/mol. The van der Waals surface area contributed by atoms with Gasteiger partial charge in [-0.2, -0.15) is 0 Å². The van der Waals surface area contributed by atoms with Crippen LogP contribution in [0.2, 0.25) is 19.6 Å². The molecule has 1 aromatic carbocycles. The average Bonchev–Trinajstić information content (AvgIpc) is 3.18. The molecular formula is C24H37F2N5O2Si. The molecule has 1 aliphatic rings. The van der Waals surface area contributed by atoms with Crippen molar-refractivity contribution >= 4 is 14.0 Å². The first-order chi connectivity index (χ1) is 16.0. The second-order valence-corrected chi connectivity index (χ2v) is 16.2. The minimum atomic E-state index is -1.36. The summed E-state index contributed by atoms with van der Waals surface area (Å²) in [4.78, 5) is 11.8. The molecule has 1 saturated carbocycles. The number of rotatable bonds is 10. The Morgan fingerprint density at radius 2 is 1.82 bits per heavy atom. The molecule has 1 amide bonds. The van der Waals surface area contributed by atoms with Crippen molar-refractivity contribution in [2.24, 2.45) is 0 Å². The van der Waals surface area contributed by atoms with Gasteiger partial charge in [0.25, 0.3) is 0 Å². The van der Waals surface area contributed by atoms with Crippen LogP contribution in [-0.4, -0.2) is 52.8 Å². The third-order valence-electron chi connectivity index (χ3n) is 6.25. The number of carbonyl (C=O) groups is 1. The number of aliphatic hydroxyl groups excluding tert-OH is 1. The summed E-state index contributed by atoms with van der Waals surface area (Å²) in [7, 11) is -1.36. The molecule has 188 valence electrons. The lowest BCUT2D eigenvalue weighted by Crippen LogP contribution is -2.53. The first-order valence-electron chi connectivity index (χ1n) is 12.0. The van der Waals surface area contributed by atoms with Gasteiger partial charge in [0, 0.05) is 31.9 Å². The molecule has 2 aromatic rings. The van der Waals surface area contributed by atoms with Gasteiger partial charge in [0.2, 0.25) is 5.91 Å². The van der Waals surface area contributed by atoms with Crippen LogP contribution in [-0.2, 0) is 22.9 Å². The van der Waals surface area contributed by atoms with Gasteiger partial charge in [-0.1, -0.05) is 44.1 Å². The van der Waals surface area contributed by atoms with E-state index >= 15 is 0 Å². The molecule has 1 heterocycles. The Morgan fingerprint density at radius 1 is 1.18 bits per heavy atom. The Bertz CT molecular complexity index is 952. The lowest BCUT2D eigenvalue weighted by Gasteiger charge is -2.38. The van der Waals surface area contributed by atoms with E-state index in [0.717, 1.165) is 50.0 Å². The van der Waals surface area contributed by atoms with Gasteiger partial charge in [0.15, 0.2) is 0 Å². The molecule has 0 aliphatic heterocycles. The molecule has 34 heavy (non-hydrogen) atoms. The molecule has 1 fully saturated rings. The highest BCUT2D eigenvalue weighted by atomic mass is 28.3. The van der Waals surface area contributed by atoms with Gasteiger partial charge >= 0.3 is 0 Å². The molecule has 10 heteroatoms. The van der Waals surface area contributed by atoms with Crippen molar-refractivity contribution < 1.29 is 18.7 Å². The predicted molar refractivity (Wildman–Crippen MR) is 130 cm³/mol. The van der Waals surface area contributed by atoms with E-state index < -0.39 is 37.4 Å². The number of halogens is 2. The zero-order valence-electron chi connectivity index (χ0n) is 20.6. The summed E-state index contributed by atoms with van der Waals surface area (Å²) in [6, 6.07) is 2.54. The second-order valence-electron chi connectivity index (χ2n) is 10.7. The molecule has 0 spiro atoms. The number of carbonyl (C=O) groups excluding carboxylic acids is 1. The Morgan fingerprint density at radius 3 is 2.41 bits per heavy atom. The van der Waals surface area contributed by atoms with Crippen LogP contribution >= 0.6 is 0 Å². The quantitative estimate of drug-likeness (QED) is 0.442. The van der Waals surface area contributed by atoms with Crippen LogP contribution in [0.1, 0.15) is 50.3 Å². The van der Waals surface area contributed by atoms with E-state index in [9.17, 15) is 18.7 Å². The standard InChI is InChI=1S/C24H37F2N5O2Si/c1-17(32)28-21(12-18-10-19(25)13-20(26)11-18)22(33)14-27-24(8-6-5-7-9-24)23-15-31(30-29-23)16-34(2,3)4/h10-11,13,15,21-22,27,33H,5-9,12,14,16H2,1-4H3,(H,28,32)/t21-,22+/m0/s1. The van der Waals surface area contributed by atoms with E-state index in [-0.39, 0.29) is 18.9 Å². The fraction of sp³-hybridized carbons (Fsp3) is 0.625. The maximum atomic E-state index is 13.7. The van der Waals surface area contributed by atoms with Gasteiger partial charge < -0.3 is 15.7 Å². The summed E-state index contributed by atoms with van der Waals surface area (Å²) in [5, 5.41) is 26.1. The summed E-state index contributed by atoms with van der Waals surface area (Å²) >= 11 is 0. The van der Waals surface area contributed by atoms with Crippen molar-refractivity contribution in [1.29, 1.82) is 0 Å². The van der Waals surface area contributed by atoms with Crippen molar-refractivity contribution in [3.63, 3.8) is 0 Å². The maximum Gasteiger partial charge on any atom is 0.217 e. The Labute approximate surface area is 201 Å². The minimum absolute atomic E-state index is 0.108. The smallest absolute Gasteiger partial charge is 0.217 e. The third-order valence-corrected chi connectivity index (χ3v) is 7.53. The van der Waals surface area contributed by atoms with Gasteiger partial charge in [0.05, 0.1) is 25.8 Å². The SMILES string of the molecule is CC(=O)N[C@@H](Cc1cc(F)cc(F)c1)[C@H](O)CNC1(c2cn(C[Si](C)(C)C)nn2)CCCCC1. The van der Waals surface area contributed by atoms with Crippen molar-refractivity contribution in [3.05, 3.63) is 47.3 Å². The number of amides is 1. The fourth-order valence-electron chi connectivity index (χ4n) is 4.73. The molecule has 1 aliphatic carbocycles. The van der Waals surface area contributed by atoms with Crippen LogP contribution in [0.15, 0.2) is 24.4 Å². The number of aliphatic hydroxyl groups is 1. The van der Waals surface area contributed by atoms with Gasteiger partial charge in [-0.15, -0.1) is 5.10 Å².